The van der Waals surface area contributed by atoms with Crippen molar-refractivity contribution >= 4 is 5.97 Å². The summed E-state index contributed by atoms with van der Waals surface area (Å²) >= 11 is 0. The van der Waals surface area contributed by atoms with E-state index in [4.69, 9.17) is 5.11 Å². The number of nitrogens with zero attached hydrogens (tertiary/aromatic N) is 1. The third-order valence-corrected chi connectivity index (χ3v) is 2.84. The maximum absolute atomic E-state index is 10.6. The molecule has 96 valence electrons. The van der Waals surface area contributed by atoms with Gasteiger partial charge in [-0.1, -0.05) is 6.92 Å². The summed E-state index contributed by atoms with van der Waals surface area (Å²) in [6.07, 6.45) is 0.768. The molecule has 0 fully saturated rings. The first-order valence-electron chi connectivity index (χ1n) is 5.78. The Balaban J connectivity index is 4.51. The molecule has 16 heavy (non-hydrogen) atoms. The SMILES string of the molecule is CCC(C)(O)CN(CCC(=O)O)C(C)(C)C. The molecule has 0 spiro atoms. The van der Waals surface area contributed by atoms with Crippen molar-refractivity contribution < 1.29 is 15.0 Å². The van der Waals surface area contributed by atoms with Gasteiger partial charge in [0.1, 0.15) is 0 Å². The van der Waals surface area contributed by atoms with E-state index in [9.17, 15) is 9.90 Å². The Hall–Kier alpha value is -0.610. The highest BCUT2D eigenvalue weighted by Gasteiger charge is 2.29. The molecular weight excluding hydrogens is 206 g/mol. The van der Waals surface area contributed by atoms with Crippen molar-refractivity contribution in [2.45, 2.75) is 58.6 Å². The fraction of sp³-hybridized carbons (Fsp3) is 0.917. The van der Waals surface area contributed by atoms with E-state index in [1.54, 1.807) is 6.92 Å². The first kappa shape index (κ1) is 15.4. The van der Waals surface area contributed by atoms with E-state index >= 15 is 0 Å². The zero-order valence-electron chi connectivity index (χ0n) is 11.1. The van der Waals surface area contributed by atoms with Gasteiger partial charge in [-0.25, -0.2) is 0 Å². The number of aliphatic hydroxyl groups is 1. The molecule has 2 N–H and O–H groups in total. The molecule has 0 aromatic carbocycles. The van der Waals surface area contributed by atoms with E-state index in [0.717, 1.165) is 0 Å². The van der Waals surface area contributed by atoms with Gasteiger partial charge in [0.2, 0.25) is 0 Å². The minimum atomic E-state index is -0.801. The molecule has 0 saturated heterocycles. The summed E-state index contributed by atoms with van der Waals surface area (Å²) in [7, 11) is 0. The van der Waals surface area contributed by atoms with E-state index in [-0.39, 0.29) is 12.0 Å². The molecule has 1 atom stereocenters. The Bertz CT molecular complexity index is 231. The summed E-state index contributed by atoms with van der Waals surface area (Å²) in [5, 5.41) is 18.7. The van der Waals surface area contributed by atoms with Crippen molar-refractivity contribution in [3.05, 3.63) is 0 Å². The molecule has 4 nitrogen and oxygen atoms in total. The molecule has 0 aliphatic carbocycles. The monoisotopic (exact) mass is 231 g/mol. The Labute approximate surface area is 98.3 Å². The van der Waals surface area contributed by atoms with Crippen LogP contribution in [-0.4, -0.2) is 45.3 Å². The molecular formula is C12H25NO3. The Kier molecular flexibility index (Phi) is 5.42. The first-order valence-corrected chi connectivity index (χ1v) is 5.78. The minimum absolute atomic E-state index is 0.108. The molecule has 0 amide bonds. The summed E-state index contributed by atoms with van der Waals surface area (Å²) in [4.78, 5) is 12.6. The molecule has 0 aliphatic rings. The Morgan fingerprint density at radius 3 is 2.06 bits per heavy atom. The predicted octanol–water partition coefficient (Wildman–Crippen LogP) is 1.72. The average Bonchev–Trinajstić information content (AvgIpc) is 2.10. The second-order valence-electron chi connectivity index (χ2n) is 5.59. The molecule has 0 aliphatic heterocycles. The van der Waals surface area contributed by atoms with Crippen LogP contribution in [0.25, 0.3) is 0 Å². The zero-order chi connectivity index (χ0) is 13.0. The number of aliphatic carboxylic acids is 1. The summed E-state index contributed by atoms with van der Waals surface area (Å²) in [5.41, 5.74) is -0.888. The van der Waals surface area contributed by atoms with Crippen molar-refractivity contribution in [1.82, 2.24) is 4.90 Å². The van der Waals surface area contributed by atoms with Crippen LogP contribution < -0.4 is 0 Å². The van der Waals surface area contributed by atoms with Crippen molar-refractivity contribution in [3.8, 4) is 0 Å². The van der Waals surface area contributed by atoms with Gasteiger partial charge in [0.15, 0.2) is 0 Å². The molecule has 0 aromatic rings. The molecule has 4 heteroatoms. The fourth-order valence-corrected chi connectivity index (χ4v) is 1.41. The number of hydrogen-bond acceptors (Lipinski definition) is 3. The first-order chi connectivity index (χ1) is 7.08. The lowest BCUT2D eigenvalue weighted by Gasteiger charge is -2.39. The second kappa shape index (κ2) is 5.64. The molecule has 0 bridgehead atoms. The van der Waals surface area contributed by atoms with Crippen LogP contribution in [0.4, 0.5) is 0 Å². The van der Waals surface area contributed by atoms with Crippen molar-refractivity contribution in [1.29, 1.82) is 0 Å². The van der Waals surface area contributed by atoms with Gasteiger partial charge in [0.05, 0.1) is 12.0 Å². The van der Waals surface area contributed by atoms with E-state index in [2.05, 4.69) is 0 Å². The van der Waals surface area contributed by atoms with E-state index in [1.807, 2.05) is 32.6 Å². The highest BCUT2D eigenvalue weighted by Crippen LogP contribution is 2.19. The average molecular weight is 231 g/mol. The highest BCUT2D eigenvalue weighted by atomic mass is 16.4. The van der Waals surface area contributed by atoms with Gasteiger partial charge >= 0.3 is 5.97 Å². The van der Waals surface area contributed by atoms with Gasteiger partial charge < -0.3 is 10.2 Å². The fourth-order valence-electron chi connectivity index (χ4n) is 1.41. The van der Waals surface area contributed by atoms with Crippen LogP contribution in [0.3, 0.4) is 0 Å². The largest absolute Gasteiger partial charge is 0.481 e. The van der Waals surface area contributed by atoms with E-state index in [1.165, 1.54) is 0 Å². The third kappa shape index (κ3) is 6.08. The maximum atomic E-state index is 10.6. The molecule has 0 rings (SSSR count). The molecule has 1 unspecified atom stereocenters. The lowest BCUT2D eigenvalue weighted by atomic mass is 9.98. The zero-order valence-corrected chi connectivity index (χ0v) is 11.1. The van der Waals surface area contributed by atoms with Crippen molar-refractivity contribution in [2.24, 2.45) is 0 Å². The van der Waals surface area contributed by atoms with Gasteiger partial charge in [0, 0.05) is 18.6 Å². The number of carboxylic acid groups (broad SMARTS) is 1. The Morgan fingerprint density at radius 2 is 1.75 bits per heavy atom. The normalized spacial score (nSPS) is 16.2. The van der Waals surface area contributed by atoms with Gasteiger partial charge in [-0.2, -0.15) is 0 Å². The smallest absolute Gasteiger partial charge is 0.304 e. The summed E-state index contributed by atoms with van der Waals surface area (Å²) < 4.78 is 0. The molecule has 0 saturated carbocycles. The van der Waals surface area contributed by atoms with Crippen LogP contribution in [0, 0.1) is 0 Å². The van der Waals surface area contributed by atoms with Crippen LogP contribution in [0.2, 0.25) is 0 Å². The van der Waals surface area contributed by atoms with Crippen LogP contribution >= 0.6 is 0 Å². The quantitative estimate of drug-likeness (QED) is 0.730. The van der Waals surface area contributed by atoms with Gasteiger partial charge in [0.25, 0.3) is 0 Å². The van der Waals surface area contributed by atoms with Crippen LogP contribution in [-0.2, 0) is 4.79 Å². The maximum Gasteiger partial charge on any atom is 0.304 e. The van der Waals surface area contributed by atoms with Gasteiger partial charge in [-0.05, 0) is 34.1 Å². The van der Waals surface area contributed by atoms with Gasteiger partial charge in [-0.15, -0.1) is 0 Å². The van der Waals surface area contributed by atoms with Crippen molar-refractivity contribution in [3.63, 3.8) is 0 Å². The van der Waals surface area contributed by atoms with Crippen LogP contribution in [0.15, 0.2) is 0 Å². The summed E-state index contributed by atoms with van der Waals surface area (Å²) in [6.45, 7) is 10.8. The lowest BCUT2D eigenvalue weighted by Crippen LogP contribution is -2.50. The van der Waals surface area contributed by atoms with E-state index in [0.29, 0.717) is 19.5 Å². The molecule has 0 radical (unpaired) electrons. The molecule has 0 aromatic heterocycles. The predicted molar refractivity (Wildman–Crippen MR) is 64.5 cm³/mol. The minimum Gasteiger partial charge on any atom is -0.481 e. The van der Waals surface area contributed by atoms with Gasteiger partial charge in [-0.3, -0.25) is 9.69 Å². The Morgan fingerprint density at radius 1 is 1.25 bits per heavy atom. The highest BCUT2D eigenvalue weighted by molar-refractivity contribution is 5.66. The molecule has 0 heterocycles. The summed E-state index contributed by atoms with van der Waals surface area (Å²) in [5.74, 6) is -0.801. The summed E-state index contributed by atoms with van der Waals surface area (Å²) in [6, 6.07) is 0. The lowest BCUT2D eigenvalue weighted by molar-refractivity contribution is -0.138. The van der Waals surface area contributed by atoms with Crippen molar-refractivity contribution in [2.75, 3.05) is 13.1 Å². The second-order valence-corrected chi connectivity index (χ2v) is 5.59. The topological polar surface area (TPSA) is 60.8 Å². The number of carbonyl (C=O) groups is 1. The van der Waals surface area contributed by atoms with E-state index < -0.39 is 11.6 Å². The third-order valence-electron chi connectivity index (χ3n) is 2.84. The number of carboxylic acids is 1. The number of hydrogen-bond donors (Lipinski definition) is 2. The standard InChI is InChI=1S/C12H25NO3/c1-6-12(5,16)9-13(11(2,3)4)8-7-10(14)15/h16H,6-9H2,1-5H3,(H,14,15). The van der Waals surface area contributed by atoms with Crippen LogP contribution in [0.1, 0.15) is 47.5 Å². The number of β-amino-alcohol motifs (C(OH)–C–C–N with tert-alkyl or cyclic N) is 1. The van der Waals surface area contributed by atoms with Crippen LogP contribution in [0.5, 0.6) is 0 Å². The number of rotatable bonds is 6.